The number of furan rings is 1. The van der Waals surface area contributed by atoms with Crippen LogP contribution in [-0.4, -0.2) is 32.1 Å². The predicted molar refractivity (Wildman–Crippen MR) is 103 cm³/mol. The average molecular weight is 370 g/mol. The molecule has 0 radical (unpaired) electrons. The van der Waals surface area contributed by atoms with Crippen LogP contribution in [-0.2, 0) is 11.3 Å². The fourth-order valence-corrected chi connectivity index (χ4v) is 3.17. The summed E-state index contributed by atoms with van der Waals surface area (Å²) in [5.41, 5.74) is 2.84. The quantitative estimate of drug-likeness (QED) is 0.438. The van der Waals surface area contributed by atoms with Crippen LogP contribution in [0, 0.1) is 0 Å². The molecule has 0 saturated heterocycles. The molecule has 1 aliphatic heterocycles. The smallest absolute Gasteiger partial charge is 0.146 e. The molecule has 1 aromatic heterocycles. The lowest BCUT2D eigenvalue weighted by atomic mass is 10.0. The molecular formula is C21H20ClNO3. The van der Waals surface area contributed by atoms with E-state index in [-0.39, 0.29) is 0 Å². The summed E-state index contributed by atoms with van der Waals surface area (Å²) in [5.74, 6) is 3.08. The summed E-state index contributed by atoms with van der Waals surface area (Å²) in [7, 11) is 4.05. The number of halogens is 1. The largest absolute Gasteiger partial charge is 0.458 e. The lowest BCUT2D eigenvalue weighted by molar-refractivity contribution is 0.0930. The van der Waals surface area contributed by atoms with Gasteiger partial charge in [-0.3, -0.25) is 0 Å². The number of para-hydroxylation sites is 1. The normalized spacial score (nSPS) is 12.2. The minimum absolute atomic E-state index is 0.430. The summed E-state index contributed by atoms with van der Waals surface area (Å²) >= 11 is 6.22. The molecule has 0 fully saturated rings. The Morgan fingerprint density at radius 1 is 0.962 bits per heavy atom. The van der Waals surface area contributed by atoms with Gasteiger partial charge in [0.2, 0.25) is 0 Å². The number of hydrogen-bond donors (Lipinski definition) is 0. The first-order valence-corrected chi connectivity index (χ1v) is 8.92. The number of nitrogens with zero attached hydrogens (tertiary/aromatic N) is 1. The van der Waals surface area contributed by atoms with Crippen molar-refractivity contribution in [1.82, 2.24) is 4.90 Å². The average Bonchev–Trinajstić information content (AvgIpc) is 2.99. The van der Waals surface area contributed by atoms with Crippen molar-refractivity contribution in [3.05, 3.63) is 59.3 Å². The molecule has 5 heteroatoms. The van der Waals surface area contributed by atoms with Gasteiger partial charge in [-0.15, -0.1) is 0 Å². The van der Waals surface area contributed by atoms with Crippen LogP contribution in [0.4, 0.5) is 0 Å². The number of ether oxygens (including phenoxy) is 2. The third-order valence-corrected chi connectivity index (χ3v) is 4.53. The van der Waals surface area contributed by atoms with Crippen LogP contribution in [0.3, 0.4) is 0 Å². The van der Waals surface area contributed by atoms with Crippen molar-refractivity contribution >= 4 is 11.6 Å². The van der Waals surface area contributed by atoms with Gasteiger partial charge in [0.25, 0.3) is 0 Å². The lowest BCUT2D eigenvalue weighted by Crippen LogP contribution is -2.17. The molecule has 134 valence electrons. The van der Waals surface area contributed by atoms with Crippen molar-refractivity contribution in [2.24, 2.45) is 0 Å². The van der Waals surface area contributed by atoms with Crippen molar-refractivity contribution < 1.29 is 13.9 Å². The van der Waals surface area contributed by atoms with E-state index in [0.717, 1.165) is 46.3 Å². The summed E-state index contributed by atoms with van der Waals surface area (Å²) in [6.45, 7) is 1.95. The standard InChI is InChI=1S/C21H20ClNO3/c1-23(2)9-10-24-13-15-12-17-16-5-3-4-6-19(16)26-20-8-7-14(22)11-18(20)21(17)25-15/h3-8,11-12H,9-10,13H2,1-2H3. The molecule has 2 aromatic carbocycles. The SMILES string of the molecule is CN(C)CCOCc1cc2c(o1)-c1cc(Cl)ccc1Oc1ccccc1-2. The zero-order valence-electron chi connectivity index (χ0n) is 14.8. The Kier molecular flexibility index (Phi) is 4.72. The molecule has 4 nitrogen and oxygen atoms in total. The van der Waals surface area contributed by atoms with Gasteiger partial charge in [-0.25, -0.2) is 0 Å². The molecule has 0 N–H and O–H groups in total. The van der Waals surface area contributed by atoms with Crippen LogP contribution in [0.1, 0.15) is 5.76 Å². The van der Waals surface area contributed by atoms with Gasteiger partial charge in [-0.2, -0.15) is 0 Å². The maximum Gasteiger partial charge on any atom is 0.146 e. The van der Waals surface area contributed by atoms with Crippen molar-refractivity contribution in [3.8, 4) is 33.9 Å². The van der Waals surface area contributed by atoms with Crippen LogP contribution in [0.25, 0.3) is 22.5 Å². The minimum Gasteiger partial charge on any atom is -0.458 e. The first-order chi connectivity index (χ1) is 12.6. The van der Waals surface area contributed by atoms with E-state index in [0.29, 0.717) is 18.2 Å². The fraction of sp³-hybridized carbons (Fsp3) is 0.238. The molecule has 3 aromatic rings. The van der Waals surface area contributed by atoms with E-state index in [1.807, 2.05) is 62.6 Å². The zero-order valence-corrected chi connectivity index (χ0v) is 15.5. The summed E-state index contributed by atoms with van der Waals surface area (Å²) in [6.07, 6.45) is 0. The maximum atomic E-state index is 6.22. The molecule has 26 heavy (non-hydrogen) atoms. The van der Waals surface area contributed by atoms with Gasteiger partial charge in [0, 0.05) is 22.7 Å². The molecule has 0 amide bonds. The molecular weight excluding hydrogens is 350 g/mol. The second-order valence-electron chi connectivity index (χ2n) is 6.55. The van der Waals surface area contributed by atoms with Crippen molar-refractivity contribution in [2.45, 2.75) is 6.61 Å². The summed E-state index contributed by atoms with van der Waals surface area (Å²) in [6, 6.07) is 15.6. The molecule has 0 aliphatic carbocycles. The first kappa shape index (κ1) is 17.2. The third kappa shape index (κ3) is 3.36. The Balaban J connectivity index is 1.73. The molecule has 0 spiro atoms. The third-order valence-electron chi connectivity index (χ3n) is 4.29. The summed E-state index contributed by atoms with van der Waals surface area (Å²) in [5, 5.41) is 0.643. The van der Waals surface area contributed by atoms with E-state index < -0.39 is 0 Å². The van der Waals surface area contributed by atoms with E-state index in [1.165, 1.54) is 0 Å². The van der Waals surface area contributed by atoms with Gasteiger partial charge in [-0.05, 0) is 44.4 Å². The number of rotatable bonds is 5. The van der Waals surface area contributed by atoms with Crippen molar-refractivity contribution in [2.75, 3.05) is 27.2 Å². The van der Waals surface area contributed by atoms with E-state index in [1.54, 1.807) is 0 Å². The molecule has 2 heterocycles. The number of fused-ring (bicyclic) bond motifs is 5. The second kappa shape index (κ2) is 7.16. The van der Waals surface area contributed by atoms with E-state index in [9.17, 15) is 0 Å². The monoisotopic (exact) mass is 369 g/mol. The van der Waals surface area contributed by atoms with Crippen LogP contribution >= 0.6 is 11.6 Å². The molecule has 0 atom stereocenters. The highest BCUT2D eigenvalue weighted by atomic mass is 35.5. The van der Waals surface area contributed by atoms with Crippen LogP contribution in [0.15, 0.2) is 52.9 Å². The van der Waals surface area contributed by atoms with Gasteiger partial charge in [0.05, 0.1) is 12.2 Å². The van der Waals surface area contributed by atoms with Crippen molar-refractivity contribution in [3.63, 3.8) is 0 Å². The Hall–Kier alpha value is -2.27. The molecule has 0 bridgehead atoms. The fourth-order valence-electron chi connectivity index (χ4n) is 3.00. The topological polar surface area (TPSA) is 34.8 Å². The van der Waals surface area contributed by atoms with Gasteiger partial charge in [0.15, 0.2) is 0 Å². The highest BCUT2D eigenvalue weighted by Gasteiger charge is 2.25. The second-order valence-corrected chi connectivity index (χ2v) is 6.99. The van der Waals surface area contributed by atoms with Crippen LogP contribution in [0.5, 0.6) is 11.5 Å². The number of hydrogen-bond acceptors (Lipinski definition) is 4. The highest BCUT2D eigenvalue weighted by Crippen LogP contribution is 2.48. The van der Waals surface area contributed by atoms with Crippen LogP contribution < -0.4 is 4.74 Å². The van der Waals surface area contributed by atoms with Crippen molar-refractivity contribution in [1.29, 1.82) is 0 Å². The minimum atomic E-state index is 0.430. The molecule has 4 rings (SSSR count). The Morgan fingerprint density at radius 3 is 2.62 bits per heavy atom. The molecule has 1 aliphatic rings. The van der Waals surface area contributed by atoms with Gasteiger partial charge in [-0.1, -0.05) is 29.8 Å². The van der Waals surface area contributed by atoms with Gasteiger partial charge < -0.3 is 18.8 Å². The summed E-state index contributed by atoms with van der Waals surface area (Å²) in [4.78, 5) is 2.09. The Labute approximate surface area is 157 Å². The van der Waals surface area contributed by atoms with Crippen LogP contribution in [0.2, 0.25) is 5.02 Å². The molecule has 0 saturated carbocycles. The maximum absolute atomic E-state index is 6.22. The van der Waals surface area contributed by atoms with Gasteiger partial charge >= 0.3 is 0 Å². The number of likely N-dealkylation sites (N-methyl/N-ethyl adjacent to an activating group) is 1. The highest BCUT2D eigenvalue weighted by molar-refractivity contribution is 6.31. The zero-order chi connectivity index (χ0) is 18.1. The van der Waals surface area contributed by atoms with E-state index in [2.05, 4.69) is 4.90 Å². The predicted octanol–water partition coefficient (Wildman–Crippen LogP) is 5.45. The summed E-state index contributed by atoms with van der Waals surface area (Å²) < 4.78 is 18.0. The van der Waals surface area contributed by atoms with E-state index >= 15 is 0 Å². The van der Waals surface area contributed by atoms with Gasteiger partial charge in [0.1, 0.15) is 29.6 Å². The molecule has 0 unspecified atom stereocenters. The lowest BCUT2D eigenvalue weighted by Gasteiger charge is -2.10. The Bertz CT molecular complexity index is 933. The number of benzene rings is 2. The van der Waals surface area contributed by atoms with E-state index in [4.69, 9.17) is 25.5 Å². The first-order valence-electron chi connectivity index (χ1n) is 8.54. The Morgan fingerprint density at radius 2 is 1.77 bits per heavy atom.